The molecule has 2 amide bonds. The number of nitrogens with zero attached hydrogens (tertiary/aromatic N) is 5. The van der Waals surface area contributed by atoms with Crippen LogP contribution < -0.4 is 10.1 Å². The number of anilines is 1. The normalized spacial score (nSPS) is 18.2. The van der Waals surface area contributed by atoms with Gasteiger partial charge in [-0.1, -0.05) is 0 Å². The van der Waals surface area contributed by atoms with Crippen molar-refractivity contribution in [3.8, 4) is 17.0 Å². The van der Waals surface area contributed by atoms with Crippen LogP contribution in [0.4, 0.5) is 14.6 Å². The molecule has 38 heavy (non-hydrogen) atoms. The van der Waals surface area contributed by atoms with Crippen LogP contribution in [0.25, 0.3) is 11.3 Å². The average molecular weight is 529 g/mol. The summed E-state index contributed by atoms with van der Waals surface area (Å²) in [5.41, 5.74) is 1.96. The minimum Gasteiger partial charge on any atom is -0.484 e. The molecule has 1 aliphatic carbocycles. The van der Waals surface area contributed by atoms with Crippen molar-refractivity contribution in [2.45, 2.75) is 38.2 Å². The number of rotatable bonds is 6. The van der Waals surface area contributed by atoms with Crippen molar-refractivity contribution in [2.75, 3.05) is 25.0 Å². The molecule has 2 fully saturated rings. The van der Waals surface area contributed by atoms with E-state index in [9.17, 15) is 18.4 Å². The quantitative estimate of drug-likeness (QED) is 0.505. The van der Waals surface area contributed by atoms with Crippen molar-refractivity contribution in [3.05, 3.63) is 54.6 Å². The lowest BCUT2D eigenvalue weighted by molar-refractivity contribution is -0.161. The zero-order valence-electron chi connectivity index (χ0n) is 21.2. The minimum atomic E-state index is -3.24. The molecule has 3 heterocycles. The van der Waals surface area contributed by atoms with E-state index in [1.807, 2.05) is 19.3 Å². The highest BCUT2D eigenvalue weighted by atomic mass is 19.3. The average Bonchev–Trinajstić information content (AvgIpc) is 3.65. The Balaban J connectivity index is 0.000000494. The number of hydrogen-bond acceptors (Lipinski definition) is 7. The van der Waals surface area contributed by atoms with Gasteiger partial charge in [0.2, 0.25) is 11.8 Å². The van der Waals surface area contributed by atoms with Gasteiger partial charge in [0.25, 0.3) is 0 Å². The molecular weight excluding hydrogens is 498 g/mol. The summed E-state index contributed by atoms with van der Waals surface area (Å²) < 4.78 is 36.4. The first kappa shape index (κ1) is 27.1. The molecule has 1 aliphatic heterocycles. The molecule has 1 unspecified atom stereocenters. The van der Waals surface area contributed by atoms with E-state index in [1.165, 1.54) is 6.33 Å². The van der Waals surface area contributed by atoms with Gasteiger partial charge in [0.05, 0.1) is 12.2 Å². The van der Waals surface area contributed by atoms with E-state index in [0.717, 1.165) is 23.3 Å². The summed E-state index contributed by atoms with van der Waals surface area (Å²) in [6.07, 6.45) is 5.36. The monoisotopic (exact) mass is 528 g/mol. The van der Waals surface area contributed by atoms with Crippen LogP contribution in [0.3, 0.4) is 0 Å². The van der Waals surface area contributed by atoms with Crippen LogP contribution in [-0.4, -0.2) is 73.3 Å². The summed E-state index contributed by atoms with van der Waals surface area (Å²) in [5.74, 6) is -3.23. The van der Waals surface area contributed by atoms with Crippen LogP contribution in [0.1, 0.15) is 24.8 Å². The number of aromatic nitrogens is 4. The van der Waals surface area contributed by atoms with Gasteiger partial charge in [0.1, 0.15) is 24.5 Å². The Morgan fingerprint density at radius 2 is 2.00 bits per heavy atom. The molecule has 12 heteroatoms. The smallest absolute Gasteiger partial charge is 0.301 e. The third-order valence-corrected chi connectivity index (χ3v) is 6.26. The Morgan fingerprint density at radius 3 is 2.58 bits per heavy atom. The minimum absolute atomic E-state index is 0.0457. The third-order valence-electron chi connectivity index (χ3n) is 6.26. The first-order valence-corrected chi connectivity index (χ1v) is 12.3. The SMILES string of the molecule is Cc1cc(-c2cc(NC(=O)C3CC3)ncn2)ccc1OC1CCN(C(=O)CO)CC1(F)F.Cn1cccn1. The zero-order valence-corrected chi connectivity index (χ0v) is 21.2. The Kier molecular flexibility index (Phi) is 8.30. The topological polar surface area (TPSA) is 122 Å². The standard InChI is InChI=1S/C22H24F2N4O4.C4H6N2/c1-13-8-15(16-9-19(26-12-25-16)27-21(31)14-2-3-14)4-5-17(13)32-18-6-7-28(20(30)10-29)11-22(18,23)24;1-6-4-2-3-5-6/h4-5,8-9,12,14,18,29H,2-3,6-7,10-11H2,1H3,(H,25,26,27,31);2-4H,1H3. The molecular formula is C26H30F2N6O4. The number of likely N-dealkylation sites (tertiary alicyclic amines) is 1. The predicted molar refractivity (Wildman–Crippen MR) is 134 cm³/mol. The molecule has 3 aromatic rings. The molecule has 2 N–H and O–H groups in total. The van der Waals surface area contributed by atoms with Crippen molar-refractivity contribution < 1.29 is 28.2 Å². The van der Waals surface area contributed by atoms with E-state index in [-0.39, 0.29) is 24.8 Å². The number of aliphatic hydroxyl groups is 1. The van der Waals surface area contributed by atoms with Crippen molar-refractivity contribution >= 4 is 17.6 Å². The number of halogens is 2. The maximum absolute atomic E-state index is 14.5. The summed E-state index contributed by atoms with van der Waals surface area (Å²) >= 11 is 0. The summed E-state index contributed by atoms with van der Waals surface area (Å²) in [6.45, 7) is 0.257. The molecule has 1 saturated heterocycles. The van der Waals surface area contributed by atoms with Crippen LogP contribution in [0.2, 0.25) is 0 Å². The number of amides is 2. The van der Waals surface area contributed by atoms with Crippen LogP contribution in [-0.2, 0) is 16.6 Å². The molecule has 1 aromatic carbocycles. The lowest BCUT2D eigenvalue weighted by Gasteiger charge is -2.38. The second-order valence-corrected chi connectivity index (χ2v) is 9.34. The van der Waals surface area contributed by atoms with Crippen LogP contribution in [0, 0.1) is 12.8 Å². The zero-order chi connectivity index (χ0) is 27.3. The van der Waals surface area contributed by atoms with E-state index in [2.05, 4.69) is 20.4 Å². The fourth-order valence-electron chi connectivity index (χ4n) is 3.97. The number of carbonyl (C=O) groups excluding carboxylic acids is 2. The molecule has 2 aromatic heterocycles. The van der Waals surface area contributed by atoms with Gasteiger partial charge in [-0.15, -0.1) is 0 Å². The van der Waals surface area contributed by atoms with Gasteiger partial charge >= 0.3 is 5.92 Å². The van der Waals surface area contributed by atoms with Crippen LogP contribution >= 0.6 is 0 Å². The van der Waals surface area contributed by atoms with E-state index in [4.69, 9.17) is 9.84 Å². The molecule has 202 valence electrons. The summed E-state index contributed by atoms with van der Waals surface area (Å²) in [7, 11) is 1.89. The Labute approximate surface area is 218 Å². The fraction of sp³-hybridized carbons (Fsp3) is 0.423. The van der Waals surface area contributed by atoms with E-state index >= 15 is 0 Å². The van der Waals surface area contributed by atoms with Gasteiger partial charge in [-0.2, -0.15) is 5.10 Å². The summed E-state index contributed by atoms with van der Waals surface area (Å²) in [5, 5.41) is 15.5. The fourth-order valence-corrected chi connectivity index (χ4v) is 3.97. The second-order valence-electron chi connectivity index (χ2n) is 9.34. The molecule has 0 bridgehead atoms. The highest BCUT2D eigenvalue weighted by Crippen LogP contribution is 2.34. The number of piperidine rings is 1. The Bertz CT molecular complexity index is 1270. The molecule has 2 aliphatic rings. The van der Waals surface area contributed by atoms with Crippen molar-refractivity contribution in [1.82, 2.24) is 24.6 Å². The Morgan fingerprint density at radius 1 is 1.21 bits per heavy atom. The maximum Gasteiger partial charge on any atom is 0.301 e. The number of carbonyl (C=O) groups is 2. The first-order valence-electron chi connectivity index (χ1n) is 12.3. The molecule has 5 rings (SSSR count). The highest BCUT2D eigenvalue weighted by molar-refractivity contribution is 5.93. The van der Waals surface area contributed by atoms with Gasteiger partial charge in [-0.3, -0.25) is 14.3 Å². The Hall–Kier alpha value is -3.93. The predicted octanol–water partition coefficient (Wildman–Crippen LogP) is 2.83. The third kappa shape index (κ3) is 6.88. The van der Waals surface area contributed by atoms with Crippen LogP contribution in [0.15, 0.2) is 49.1 Å². The number of alkyl halides is 2. The maximum atomic E-state index is 14.5. The van der Waals surface area contributed by atoms with E-state index in [0.29, 0.717) is 22.8 Å². The number of benzene rings is 1. The lowest BCUT2D eigenvalue weighted by atomic mass is 10.0. The van der Waals surface area contributed by atoms with Crippen molar-refractivity contribution in [2.24, 2.45) is 13.0 Å². The molecule has 1 saturated carbocycles. The number of aliphatic hydroxyl groups excluding tert-OH is 1. The van der Waals surface area contributed by atoms with E-state index < -0.39 is 31.1 Å². The highest BCUT2D eigenvalue weighted by Gasteiger charge is 2.47. The molecule has 0 spiro atoms. The van der Waals surface area contributed by atoms with E-state index in [1.54, 1.807) is 42.1 Å². The van der Waals surface area contributed by atoms with Crippen molar-refractivity contribution in [3.63, 3.8) is 0 Å². The number of hydrogen-bond donors (Lipinski definition) is 2. The largest absolute Gasteiger partial charge is 0.484 e. The number of aryl methyl sites for hydroxylation is 2. The first-order chi connectivity index (χ1) is 18.2. The molecule has 0 radical (unpaired) electrons. The van der Waals surface area contributed by atoms with Gasteiger partial charge in [-0.05, 0) is 49.6 Å². The molecule has 1 atom stereocenters. The summed E-state index contributed by atoms with van der Waals surface area (Å²) in [4.78, 5) is 32.8. The van der Waals surface area contributed by atoms with Gasteiger partial charge in [0, 0.05) is 50.0 Å². The summed E-state index contributed by atoms with van der Waals surface area (Å²) in [6, 6.07) is 8.64. The lowest BCUT2D eigenvalue weighted by Crippen LogP contribution is -2.55. The number of ether oxygens (including phenoxy) is 1. The van der Waals surface area contributed by atoms with Crippen LogP contribution in [0.5, 0.6) is 5.75 Å². The number of nitrogens with one attached hydrogen (secondary N) is 1. The van der Waals surface area contributed by atoms with Gasteiger partial charge < -0.3 is 20.1 Å². The second kappa shape index (κ2) is 11.6. The van der Waals surface area contributed by atoms with Gasteiger partial charge in [-0.25, -0.2) is 18.7 Å². The van der Waals surface area contributed by atoms with Gasteiger partial charge in [0.15, 0.2) is 6.10 Å². The molecule has 10 nitrogen and oxygen atoms in total. The van der Waals surface area contributed by atoms with Crippen molar-refractivity contribution in [1.29, 1.82) is 0 Å².